The summed E-state index contributed by atoms with van der Waals surface area (Å²) in [7, 11) is 0. The third kappa shape index (κ3) is 3.35. The van der Waals surface area contributed by atoms with Gasteiger partial charge in [0.25, 0.3) is 0 Å². The topological polar surface area (TPSA) is 69.6 Å². The molecule has 5 heteroatoms. The van der Waals surface area contributed by atoms with Crippen molar-refractivity contribution in [1.82, 2.24) is 5.32 Å². The van der Waals surface area contributed by atoms with Gasteiger partial charge in [0.2, 0.25) is 0 Å². The SMILES string of the molecule is O=C(O)c1ccc(F)c(CNC2(CO)CCCCC2)c1. The second-order valence-corrected chi connectivity index (χ2v) is 5.46. The fourth-order valence-corrected chi connectivity index (χ4v) is 2.75. The molecule has 1 aromatic rings. The molecule has 4 nitrogen and oxygen atoms in total. The number of carbonyl (C=O) groups is 1. The van der Waals surface area contributed by atoms with E-state index in [-0.39, 0.29) is 24.3 Å². The van der Waals surface area contributed by atoms with E-state index in [1.807, 2.05) is 0 Å². The zero-order valence-corrected chi connectivity index (χ0v) is 11.4. The maximum Gasteiger partial charge on any atom is 0.335 e. The predicted octanol–water partition coefficient (Wildman–Crippen LogP) is 2.31. The van der Waals surface area contributed by atoms with Gasteiger partial charge in [-0.1, -0.05) is 19.3 Å². The smallest absolute Gasteiger partial charge is 0.335 e. The van der Waals surface area contributed by atoms with Gasteiger partial charge < -0.3 is 15.5 Å². The minimum Gasteiger partial charge on any atom is -0.478 e. The Balaban J connectivity index is 2.09. The molecule has 20 heavy (non-hydrogen) atoms. The summed E-state index contributed by atoms with van der Waals surface area (Å²) in [6.07, 6.45) is 4.98. The van der Waals surface area contributed by atoms with Crippen molar-refractivity contribution < 1.29 is 19.4 Å². The normalized spacial score (nSPS) is 17.9. The molecule has 2 rings (SSSR count). The van der Waals surface area contributed by atoms with Crippen molar-refractivity contribution in [2.75, 3.05) is 6.61 Å². The van der Waals surface area contributed by atoms with Crippen molar-refractivity contribution in [2.24, 2.45) is 0 Å². The molecule has 1 aromatic carbocycles. The predicted molar refractivity (Wildman–Crippen MR) is 73.1 cm³/mol. The van der Waals surface area contributed by atoms with Crippen LogP contribution < -0.4 is 5.32 Å². The maximum absolute atomic E-state index is 13.7. The molecule has 0 aromatic heterocycles. The van der Waals surface area contributed by atoms with Gasteiger partial charge in [0.15, 0.2) is 0 Å². The number of aliphatic hydroxyl groups is 1. The third-order valence-electron chi connectivity index (χ3n) is 4.06. The van der Waals surface area contributed by atoms with Gasteiger partial charge in [-0.2, -0.15) is 0 Å². The number of benzene rings is 1. The molecule has 0 amide bonds. The molecular formula is C15H20FNO3. The average Bonchev–Trinajstić information content (AvgIpc) is 2.47. The number of hydrogen-bond donors (Lipinski definition) is 3. The molecule has 1 saturated carbocycles. The van der Waals surface area contributed by atoms with Gasteiger partial charge in [-0.3, -0.25) is 0 Å². The van der Waals surface area contributed by atoms with E-state index in [9.17, 15) is 14.3 Å². The van der Waals surface area contributed by atoms with Gasteiger partial charge in [-0.15, -0.1) is 0 Å². The molecule has 0 unspecified atom stereocenters. The highest BCUT2D eigenvalue weighted by Crippen LogP contribution is 2.28. The molecule has 0 saturated heterocycles. The van der Waals surface area contributed by atoms with E-state index < -0.39 is 11.8 Å². The fourth-order valence-electron chi connectivity index (χ4n) is 2.75. The highest BCUT2D eigenvalue weighted by atomic mass is 19.1. The zero-order valence-electron chi connectivity index (χ0n) is 11.4. The van der Waals surface area contributed by atoms with Crippen LogP contribution in [0.3, 0.4) is 0 Å². The van der Waals surface area contributed by atoms with Crippen molar-refractivity contribution in [3.05, 3.63) is 35.1 Å². The summed E-state index contributed by atoms with van der Waals surface area (Å²) < 4.78 is 13.7. The number of carboxylic acids is 1. The van der Waals surface area contributed by atoms with Crippen LogP contribution in [0.15, 0.2) is 18.2 Å². The van der Waals surface area contributed by atoms with Crippen LogP contribution in [0.2, 0.25) is 0 Å². The standard InChI is InChI=1S/C15H20FNO3/c16-13-5-4-11(14(19)20)8-12(13)9-17-15(10-18)6-2-1-3-7-15/h4-5,8,17-18H,1-3,6-7,9-10H2,(H,19,20). The summed E-state index contributed by atoms with van der Waals surface area (Å²) >= 11 is 0. The van der Waals surface area contributed by atoms with Crippen molar-refractivity contribution in [3.63, 3.8) is 0 Å². The van der Waals surface area contributed by atoms with Gasteiger partial charge in [-0.05, 0) is 31.0 Å². The monoisotopic (exact) mass is 281 g/mol. The third-order valence-corrected chi connectivity index (χ3v) is 4.06. The van der Waals surface area contributed by atoms with Crippen molar-refractivity contribution in [2.45, 2.75) is 44.2 Å². The highest BCUT2D eigenvalue weighted by Gasteiger charge is 2.30. The number of aromatic carboxylic acids is 1. The first-order valence-corrected chi connectivity index (χ1v) is 6.94. The lowest BCUT2D eigenvalue weighted by molar-refractivity contribution is 0.0696. The molecule has 110 valence electrons. The first-order valence-electron chi connectivity index (χ1n) is 6.94. The lowest BCUT2D eigenvalue weighted by Crippen LogP contribution is -2.49. The van der Waals surface area contributed by atoms with Crippen LogP contribution >= 0.6 is 0 Å². The summed E-state index contributed by atoms with van der Waals surface area (Å²) in [5.41, 5.74) is 0.0392. The van der Waals surface area contributed by atoms with Crippen LogP contribution in [-0.2, 0) is 6.54 Å². The molecule has 0 bridgehead atoms. The molecular weight excluding hydrogens is 261 g/mol. The Morgan fingerprint density at radius 2 is 2.00 bits per heavy atom. The van der Waals surface area contributed by atoms with E-state index in [4.69, 9.17) is 5.11 Å². The Morgan fingerprint density at radius 1 is 1.30 bits per heavy atom. The second kappa shape index (κ2) is 6.33. The van der Waals surface area contributed by atoms with Crippen molar-refractivity contribution in [3.8, 4) is 0 Å². The average molecular weight is 281 g/mol. The lowest BCUT2D eigenvalue weighted by atomic mass is 9.82. The summed E-state index contributed by atoms with van der Waals surface area (Å²) in [6, 6.07) is 3.77. The number of aliphatic hydroxyl groups excluding tert-OH is 1. The Bertz CT molecular complexity index is 484. The Hall–Kier alpha value is -1.46. The number of nitrogens with one attached hydrogen (secondary N) is 1. The Labute approximate surface area is 117 Å². The first kappa shape index (κ1) is 14.9. The quantitative estimate of drug-likeness (QED) is 0.774. The van der Waals surface area contributed by atoms with Gasteiger partial charge in [0.05, 0.1) is 12.2 Å². The number of rotatable bonds is 5. The van der Waals surface area contributed by atoms with Crippen molar-refractivity contribution in [1.29, 1.82) is 0 Å². The van der Waals surface area contributed by atoms with Crippen molar-refractivity contribution >= 4 is 5.97 Å². The maximum atomic E-state index is 13.7. The van der Waals surface area contributed by atoms with Crippen LogP contribution in [0.1, 0.15) is 48.0 Å². The van der Waals surface area contributed by atoms with Gasteiger partial charge in [0, 0.05) is 17.6 Å². The minimum atomic E-state index is -1.07. The minimum absolute atomic E-state index is 0.0211. The second-order valence-electron chi connectivity index (χ2n) is 5.46. The first-order chi connectivity index (χ1) is 9.56. The summed E-state index contributed by atoms with van der Waals surface area (Å²) in [5, 5.41) is 21.7. The largest absolute Gasteiger partial charge is 0.478 e. The Morgan fingerprint density at radius 3 is 2.60 bits per heavy atom. The van der Waals surface area contributed by atoms with E-state index in [1.54, 1.807) is 0 Å². The number of halogens is 1. The number of hydrogen-bond acceptors (Lipinski definition) is 3. The summed E-state index contributed by atoms with van der Waals surface area (Å²) in [4.78, 5) is 10.9. The van der Waals surface area contributed by atoms with E-state index in [0.717, 1.165) is 32.1 Å². The number of carboxylic acid groups (broad SMARTS) is 1. The molecule has 0 spiro atoms. The molecule has 3 N–H and O–H groups in total. The fraction of sp³-hybridized carbons (Fsp3) is 0.533. The molecule has 0 heterocycles. The van der Waals surface area contributed by atoms with Crippen LogP contribution in [0.4, 0.5) is 4.39 Å². The lowest BCUT2D eigenvalue weighted by Gasteiger charge is -2.36. The summed E-state index contributed by atoms with van der Waals surface area (Å²) in [6.45, 7) is 0.251. The Kier molecular flexibility index (Phi) is 4.73. The van der Waals surface area contributed by atoms with E-state index >= 15 is 0 Å². The highest BCUT2D eigenvalue weighted by molar-refractivity contribution is 5.87. The summed E-state index contributed by atoms with van der Waals surface area (Å²) in [5.74, 6) is -1.49. The van der Waals surface area contributed by atoms with Crippen LogP contribution in [0.5, 0.6) is 0 Å². The van der Waals surface area contributed by atoms with Gasteiger partial charge >= 0.3 is 5.97 Å². The van der Waals surface area contributed by atoms with E-state index in [1.165, 1.54) is 18.2 Å². The van der Waals surface area contributed by atoms with Gasteiger partial charge in [0.1, 0.15) is 5.82 Å². The zero-order chi connectivity index (χ0) is 14.6. The van der Waals surface area contributed by atoms with Crippen LogP contribution in [0.25, 0.3) is 0 Å². The molecule has 0 radical (unpaired) electrons. The molecule has 0 atom stereocenters. The molecule has 1 fully saturated rings. The van der Waals surface area contributed by atoms with Crippen LogP contribution in [0, 0.1) is 5.82 Å². The molecule has 1 aliphatic rings. The molecule has 1 aliphatic carbocycles. The molecule has 0 aliphatic heterocycles. The van der Waals surface area contributed by atoms with E-state index in [2.05, 4.69) is 5.32 Å². The van der Waals surface area contributed by atoms with Crippen LogP contribution in [-0.4, -0.2) is 28.3 Å². The van der Waals surface area contributed by atoms with E-state index in [0.29, 0.717) is 5.56 Å². The van der Waals surface area contributed by atoms with Gasteiger partial charge in [-0.25, -0.2) is 9.18 Å².